The van der Waals surface area contributed by atoms with E-state index in [9.17, 15) is 0 Å². The summed E-state index contributed by atoms with van der Waals surface area (Å²) >= 11 is 1.62. The highest BCUT2D eigenvalue weighted by Gasteiger charge is 2.00. The lowest BCUT2D eigenvalue weighted by Crippen LogP contribution is -1.98. The van der Waals surface area contributed by atoms with Gasteiger partial charge < -0.3 is 0 Å². The van der Waals surface area contributed by atoms with Crippen LogP contribution in [0.15, 0.2) is 62.8 Å². The first kappa shape index (κ1) is 15.4. The number of aliphatic imine (C=N–C) groups is 2. The number of allylic oxidation sites excluding steroid dienone is 3. The Labute approximate surface area is 120 Å². The fourth-order valence-corrected chi connectivity index (χ4v) is 2.01. The Bertz CT molecular complexity index is 499. The molecule has 0 N–H and O–H groups in total. The molecular formula is C16H20N2S. The zero-order chi connectivity index (χ0) is 14.1. The van der Waals surface area contributed by atoms with Gasteiger partial charge in [-0.05, 0) is 25.7 Å². The van der Waals surface area contributed by atoms with Gasteiger partial charge in [0, 0.05) is 23.2 Å². The minimum absolute atomic E-state index is 0.717. The predicted molar refractivity (Wildman–Crippen MR) is 88.2 cm³/mol. The van der Waals surface area contributed by atoms with Crippen molar-refractivity contribution in [2.24, 2.45) is 9.98 Å². The Balaban J connectivity index is 2.81. The highest BCUT2D eigenvalue weighted by molar-refractivity contribution is 8.07. The molecule has 0 amide bonds. The maximum atomic E-state index is 4.45. The van der Waals surface area contributed by atoms with Crippen molar-refractivity contribution < 1.29 is 0 Å². The number of benzene rings is 1. The van der Waals surface area contributed by atoms with Gasteiger partial charge in [0.05, 0.1) is 0 Å². The fourth-order valence-electron chi connectivity index (χ4n) is 1.37. The molecule has 0 aliphatic carbocycles. The number of hydrogen-bond donors (Lipinski definition) is 0. The van der Waals surface area contributed by atoms with Crippen molar-refractivity contribution in [1.82, 2.24) is 0 Å². The average molecular weight is 272 g/mol. The number of thioether (sulfide) groups is 1. The first-order valence-electron chi connectivity index (χ1n) is 6.31. The molecule has 1 aromatic carbocycles. The van der Waals surface area contributed by atoms with E-state index in [4.69, 9.17) is 0 Å². The Morgan fingerprint density at radius 3 is 2.58 bits per heavy atom. The summed E-state index contributed by atoms with van der Waals surface area (Å²) in [5.41, 5.74) is 1.03. The summed E-state index contributed by atoms with van der Waals surface area (Å²) in [5.74, 6) is 0.753. The molecule has 2 nitrogen and oxygen atoms in total. The van der Waals surface area contributed by atoms with Gasteiger partial charge in [0.2, 0.25) is 0 Å². The Kier molecular flexibility index (Phi) is 6.90. The van der Waals surface area contributed by atoms with Gasteiger partial charge in [0.25, 0.3) is 0 Å². The molecule has 1 aromatic rings. The van der Waals surface area contributed by atoms with Gasteiger partial charge in [-0.3, -0.25) is 4.99 Å². The first-order chi connectivity index (χ1) is 9.17. The second kappa shape index (κ2) is 8.48. The monoisotopic (exact) mass is 272 g/mol. The maximum absolute atomic E-state index is 4.45. The average Bonchev–Trinajstić information content (AvgIpc) is 2.44. The number of amidine groups is 1. The topological polar surface area (TPSA) is 24.7 Å². The summed E-state index contributed by atoms with van der Waals surface area (Å²) in [7, 11) is 0. The summed E-state index contributed by atoms with van der Waals surface area (Å²) in [6, 6.07) is 9.99. The molecule has 3 heteroatoms. The van der Waals surface area contributed by atoms with Crippen LogP contribution < -0.4 is 0 Å². The molecule has 0 bridgehead atoms. The summed E-state index contributed by atoms with van der Waals surface area (Å²) in [6.07, 6.45) is 3.83. The predicted octanol–water partition coefficient (Wildman–Crippen LogP) is 4.69. The standard InChI is InChI=1S/C16H20N2S/c1-5-13(3)19-14(4)12-18-16(17-6-2)15-10-8-7-9-11-15/h5,7-12H,4,6H2,1-3H3/b13-5+,17-16?,18-12?. The van der Waals surface area contributed by atoms with Crippen LogP contribution in [0, 0.1) is 0 Å². The van der Waals surface area contributed by atoms with Gasteiger partial charge in [-0.2, -0.15) is 0 Å². The van der Waals surface area contributed by atoms with Crippen molar-refractivity contribution in [3.8, 4) is 0 Å². The molecule has 19 heavy (non-hydrogen) atoms. The molecule has 0 spiro atoms. The second-order valence-corrected chi connectivity index (χ2v) is 5.26. The molecular weight excluding hydrogens is 252 g/mol. The van der Waals surface area contributed by atoms with Crippen LogP contribution in [0.2, 0.25) is 0 Å². The van der Waals surface area contributed by atoms with Crippen molar-refractivity contribution in [1.29, 1.82) is 0 Å². The molecule has 1 rings (SSSR count). The van der Waals surface area contributed by atoms with E-state index in [1.54, 1.807) is 18.0 Å². The molecule has 0 fully saturated rings. The molecule has 0 heterocycles. The van der Waals surface area contributed by atoms with Gasteiger partial charge in [0.15, 0.2) is 5.84 Å². The first-order valence-corrected chi connectivity index (χ1v) is 7.12. The summed E-state index contributed by atoms with van der Waals surface area (Å²) in [4.78, 5) is 11.0. The lowest BCUT2D eigenvalue weighted by molar-refractivity contribution is 1.12. The third kappa shape index (κ3) is 5.71. The van der Waals surface area contributed by atoms with Crippen LogP contribution in [-0.2, 0) is 0 Å². The molecule has 0 atom stereocenters. The second-order valence-electron chi connectivity index (χ2n) is 3.89. The van der Waals surface area contributed by atoms with Gasteiger partial charge in [-0.1, -0.05) is 54.7 Å². The maximum Gasteiger partial charge on any atom is 0.154 e. The van der Waals surface area contributed by atoms with Crippen LogP contribution in [0.5, 0.6) is 0 Å². The quantitative estimate of drug-likeness (QED) is 0.563. The third-order valence-corrected chi connectivity index (χ3v) is 3.29. The Morgan fingerprint density at radius 1 is 1.32 bits per heavy atom. The van der Waals surface area contributed by atoms with E-state index < -0.39 is 0 Å². The van der Waals surface area contributed by atoms with Crippen molar-refractivity contribution in [2.45, 2.75) is 20.8 Å². The van der Waals surface area contributed by atoms with Gasteiger partial charge in [0.1, 0.15) is 0 Å². The largest absolute Gasteiger partial charge is 0.267 e. The van der Waals surface area contributed by atoms with E-state index in [1.165, 1.54) is 4.91 Å². The zero-order valence-corrected chi connectivity index (χ0v) is 12.6. The Hall–Kier alpha value is -1.61. The Morgan fingerprint density at radius 2 is 2.00 bits per heavy atom. The van der Waals surface area contributed by atoms with E-state index >= 15 is 0 Å². The van der Waals surface area contributed by atoms with Gasteiger partial charge >= 0.3 is 0 Å². The summed E-state index contributed by atoms with van der Waals surface area (Å²) < 4.78 is 0. The van der Waals surface area contributed by atoms with Crippen LogP contribution in [0.3, 0.4) is 0 Å². The van der Waals surface area contributed by atoms with E-state index in [2.05, 4.69) is 29.6 Å². The minimum atomic E-state index is 0.717. The van der Waals surface area contributed by atoms with Crippen molar-refractivity contribution in [3.63, 3.8) is 0 Å². The molecule has 0 aliphatic heterocycles. The van der Waals surface area contributed by atoms with Crippen molar-refractivity contribution in [3.05, 3.63) is 58.4 Å². The smallest absolute Gasteiger partial charge is 0.154 e. The normalized spacial score (nSPS) is 13.0. The lowest BCUT2D eigenvalue weighted by Gasteiger charge is -2.02. The third-order valence-electron chi connectivity index (χ3n) is 2.37. The summed E-state index contributed by atoms with van der Waals surface area (Å²) in [6.45, 7) is 10.8. The number of nitrogens with zero attached hydrogens (tertiary/aromatic N) is 2. The fraction of sp³-hybridized carbons (Fsp3) is 0.250. The van der Waals surface area contributed by atoms with Crippen LogP contribution >= 0.6 is 11.8 Å². The van der Waals surface area contributed by atoms with Crippen molar-refractivity contribution in [2.75, 3.05) is 6.54 Å². The number of rotatable bonds is 5. The van der Waals surface area contributed by atoms with Crippen LogP contribution in [0.1, 0.15) is 26.3 Å². The molecule has 0 saturated heterocycles. The number of hydrogen-bond acceptors (Lipinski definition) is 2. The van der Waals surface area contributed by atoms with Crippen LogP contribution in [-0.4, -0.2) is 18.6 Å². The van der Waals surface area contributed by atoms with Crippen LogP contribution in [0.4, 0.5) is 0 Å². The van der Waals surface area contributed by atoms with E-state index in [0.29, 0.717) is 0 Å². The minimum Gasteiger partial charge on any atom is -0.267 e. The van der Waals surface area contributed by atoms with Crippen molar-refractivity contribution >= 4 is 23.8 Å². The van der Waals surface area contributed by atoms with E-state index in [1.807, 2.05) is 44.2 Å². The molecule has 100 valence electrons. The SMILES string of the molecule is C=C(C=NC(=NCC)c1ccccc1)S/C(C)=C/C. The van der Waals surface area contributed by atoms with E-state index in [0.717, 1.165) is 22.8 Å². The van der Waals surface area contributed by atoms with Gasteiger partial charge in [-0.25, -0.2) is 4.99 Å². The molecule has 0 aliphatic rings. The molecule has 0 radical (unpaired) electrons. The highest BCUT2D eigenvalue weighted by Crippen LogP contribution is 2.21. The van der Waals surface area contributed by atoms with Crippen LogP contribution in [0.25, 0.3) is 0 Å². The highest BCUT2D eigenvalue weighted by atomic mass is 32.2. The summed E-state index contributed by atoms with van der Waals surface area (Å²) in [5, 5.41) is 0. The molecule has 0 aromatic heterocycles. The van der Waals surface area contributed by atoms with Gasteiger partial charge in [-0.15, -0.1) is 0 Å². The zero-order valence-electron chi connectivity index (χ0n) is 11.8. The molecule has 0 saturated carbocycles. The van der Waals surface area contributed by atoms with E-state index in [-0.39, 0.29) is 0 Å². The lowest BCUT2D eigenvalue weighted by atomic mass is 10.2. The molecule has 0 unspecified atom stereocenters.